The van der Waals surface area contributed by atoms with Crippen molar-refractivity contribution < 1.29 is 8.42 Å². The normalized spacial score (nSPS) is 14.4. The average molecular weight is 255 g/mol. The van der Waals surface area contributed by atoms with Gasteiger partial charge in [0.25, 0.3) is 0 Å². The largest absolute Gasteiger partial charge is 0.382 e. The maximum absolute atomic E-state index is 11.3. The lowest BCUT2D eigenvalue weighted by Crippen LogP contribution is -2.30. The third kappa shape index (κ3) is 4.04. The number of nitrogens with one attached hydrogen (secondary N) is 1. The van der Waals surface area contributed by atoms with Crippen molar-refractivity contribution in [3.05, 3.63) is 24.3 Å². The zero-order valence-electron chi connectivity index (χ0n) is 11.1. The van der Waals surface area contributed by atoms with Gasteiger partial charge in [-0.05, 0) is 36.6 Å². The Labute approximate surface area is 104 Å². The Balaban J connectivity index is 2.83. The van der Waals surface area contributed by atoms with Gasteiger partial charge in [0.05, 0.1) is 4.90 Å². The smallest absolute Gasteiger partial charge is 0.175 e. The third-order valence-corrected chi connectivity index (χ3v) is 4.09. The van der Waals surface area contributed by atoms with E-state index in [0.29, 0.717) is 10.9 Å². The molecule has 0 fully saturated rings. The predicted molar refractivity (Wildman–Crippen MR) is 72.1 cm³/mol. The van der Waals surface area contributed by atoms with Crippen molar-refractivity contribution in [3.63, 3.8) is 0 Å². The summed E-state index contributed by atoms with van der Waals surface area (Å²) in [6.45, 7) is 8.60. The highest BCUT2D eigenvalue weighted by Gasteiger charge is 2.19. The SMILES string of the molecule is CC(Nc1ccc(S(C)(=O)=O)cc1)C(C)(C)C. The quantitative estimate of drug-likeness (QED) is 0.903. The second-order valence-corrected chi connectivity index (χ2v) is 7.54. The molecule has 1 rings (SSSR count). The number of anilines is 1. The zero-order valence-corrected chi connectivity index (χ0v) is 11.9. The monoisotopic (exact) mass is 255 g/mol. The van der Waals surface area contributed by atoms with E-state index in [1.807, 2.05) is 0 Å². The first kappa shape index (κ1) is 14.0. The van der Waals surface area contributed by atoms with E-state index in [2.05, 4.69) is 33.0 Å². The molecule has 0 saturated heterocycles. The van der Waals surface area contributed by atoms with Gasteiger partial charge in [-0.3, -0.25) is 0 Å². The molecule has 3 nitrogen and oxygen atoms in total. The minimum Gasteiger partial charge on any atom is -0.382 e. The lowest BCUT2D eigenvalue weighted by Gasteiger charge is -2.29. The van der Waals surface area contributed by atoms with Crippen LogP contribution in [0.5, 0.6) is 0 Å². The van der Waals surface area contributed by atoms with Crippen LogP contribution in [0.4, 0.5) is 5.69 Å². The minimum atomic E-state index is -3.10. The van der Waals surface area contributed by atoms with Crippen LogP contribution in [0.2, 0.25) is 0 Å². The Bertz CT molecular complexity index is 469. The molecule has 0 heterocycles. The summed E-state index contributed by atoms with van der Waals surface area (Å²) in [6.07, 6.45) is 1.22. The van der Waals surface area contributed by atoms with Crippen LogP contribution in [0.1, 0.15) is 27.7 Å². The van der Waals surface area contributed by atoms with E-state index in [1.165, 1.54) is 6.26 Å². The molecule has 96 valence electrons. The molecule has 0 aliphatic rings. The number of sulfone groups is 1. The summed E-state index contributed by atoms with van der Waals surface area (Å²) in [5.74, 6) is 0. The molecule has 0 radical (unpaired) electrons. The third-order valence-electron chi connectivity index (χ3n) is 2.96. The lowest BCUT2D eigenvalue weighted by molar-refractivity contribution is 0.359. The van der Waals surface area contributed by atoms with E-state index in [-0.39, 0.29) is 5.41 Å². The van der Waals surface area contributed by atoms with Crippen molar-refractivity contribution in [3.8, 4) is 0 Å². The Hall–Kier alpha value is -1.03. The minimum absolute atomic E-state index is 0.162. The van der Waals surface area contributed by atoms with Gasteiger partial charge in [0, 0.05) is 18.0 Å². The van der Waals surface area contributed by atoms with Crippen LogP contribution in [-0.2, 0) is 9.84 Å². The van der Waals surface area contributed by atoms with Crippen molar-refractivity contribution in [1.82, 2.24) is 0 Å². The molecule has 1 unspecified atom stereocenters. The maximum Gasteiger partial charge on any atom is 0.175 e. The summed E-state index contributed by atoms with van der Waals surface area (Å²) < 4.78 is 22.6. The average Bonchev–Trinajstić information content (AvgIpc) is 2.15. The molecular weight excluding hydrogens is 234 g/mol. The second-order valence-electron chi connectivity index (χ2n) is 5.53. The molecule has 1 aromatic rings. The van der Waals surface area contributed by atoms with Crippen molar-refractivity contribution in [2.75, 3.05) is 11.6 Å². The van der Waals surface area contributed by atoms with Crippen LogP contribution < -0.4 is 5.32 Å². The van der Waals surface area contributed by atoms with Crippen LogP contribution in [0, 0.1) is 5.41 Å². The Kier molecular flexibility index (Phi) is 3.87. The van der Waals surface area contributed by atoms with Gasteiger partial charge in [-0.15, -0.1) is 0 Å². The van der Waals surface area contributed by atoms with Gasteiger partial charge in [-0.1, -0.05) is 20.8 Å². The molecule has 0 spiro atoms. The molecular formula is C13H21NO2S. The van der Waals surface area contributed by atoms with Crippen LogP contribution in [-0.4, -0.2) is 20.7 Å². The van der Waals surface area contributed by atoms with E-state index in [4.69, 9.17) is 0 Å². The first-order valence-corrected chi connectivity index (χ1v) is 7.56. The fourth-order valence-corrected chi connectivity index (χ4v) is 1.90. The molecule has 1 aromatic carbocycles. The molecule has 0 aliphatic heterocycles. The Morgan fingerprint density at radius 2 is 1.59 bits per heavy atom. The summed E-state index contributed by atoms with van der Waals surface area (Å²) >= 11 is 0. The molecule has 0 amide bonds. The van der Waals surface area contributed by atoms with Crippen LogP contribution >= 0.6 is 0 Å². The van der Waals surface area contributed by atoms with Gasteiger partial charge in [0.15, 0.2) is 9.84 Å². The molecule has 4 heteroatoms. The predicted octanol–water partition coefficient (Wildman–Crippen LogP) is 2.94. The summed E-state index contributed by atoms with van der Waals surface area (Å²) in [6, 6.07) is 7.18. The molecule has 0 aromatic heterocycles. The van der Waals surface area contributed by atoms with E-state index in [1.54, 1.807) is 24.3 Å². The van der Waals surface area contributed by atoms with Gasteiger partial charge in [-0.25, -0.2) is 8.42 Å². The fourth-order valence-electron chi connectivity index (χ4n) is 1.26. The molecule has 0 saturated carbocycles. The van der Waals surface area contributed by atoms with Crippen LogP contribution in [0.15, 0.2) is 29.2 Å². The Morgan fingerprint density at radius 3 is 1.94 bits per heavy atom. The second kappa shape index (κ2) is 4.69. The summed E-state index contributed by atoms with van der Waals surface area (Å²) in [4.78, 5) is 0.353. The van der Waals surface area contributed by atoms with E-state index in [9.17, 15) is 8.42 Å². The highest BCUT2D eigenvalue weighted by atomic mass is 32.2. The van der Waals surface area contributed by atoms with Crippen molar-refractivity contribution >= 4 is 15.5 Å². The van der Waals surface area contributed by atoms with Crippen molar-refractivity contribution in [2.45, 2.75) is 38.6 Å². The lowest BCUT2D eigenvalue weighted by atomic mass is 9.88. The van der Waals surface area contributed by atoms with Crippen molar-refractivity contribution in [2.24, 2.45) is 5.41 Å². The van der Waals surface area contributed by atoms with E-state index >= 15 is 0 Å². The topological polar surface area (TPSA) is 46.2 Å². The summed E-state index contributed by atoms with van der Waals surface area (Å²) in [5, 5.41) is 3.37. The highest BCUT2D eigenvalue weighted by molar-refractivity contribution is 7.90. The Morgan fingerprint density at radius 1 is 1.12 bits per heavy atom. The van der Waals surface area contributed by atoms with Gasteiger partial charge in [-0.2, -0.15) is 0 Å². The highest BCUT2D eigenvalue weighted by Crippen LogP contribution is 2.23. The maximum atomic E-state index is 11.3. The van der Waals surface area contributed by atoms with Crippen LogP contribution in [0.3, 0.4) is 0 Å². The summed E-state index contributed by atoms with van der Waals surface area (Å²) in [5.41, 5.74) is 1.11. The first-order valence-electron chi connectivity index (χ1n) is 5.67. The molecule has 17 heavy (non-hydrogen) atoms. The van der Waals surface area contributed by atoms with Crippen molar-refractivity contribution in [1.29, 1.82) is 0 Å². The number of benzene rings is 1. The standard InChI is InChI=1S/C13H21NO2S/c1-10(13(2,3)4)14-11-6-8-12(9-7-11)17(5,15)16/h6-10,14H,1-5H3. The number of hydrogen-bond donors (Lipinski definition) is 1. The number of hydrogen-bond acceptors (Lipinski definition) is 3. The number of rotatable bonds is 3. The molecule has 1 atom stereocenters. The molecule has 1 N–H and O–H groups in total. The van der Waals surface area contributed by atoms with E-state index < -0.39 is 9.84 Å². The zero-order chi connectivity index (χ0) is 13.3. The van der Waals surface area contributed by atoms with E-state index in [0.717, 1.165) is 5.69 Å². The molecule has 0 aliphatic carbocycles. The fraction of sp³-hybridized carbons (Fsp3) is 0.538. The van der Waals surface area contributed by atoms with Gasteiger partial charge < -0.3 is 5.32 Å². The first-order chi connectivity index (χ1) is 7.60. The molecule has 0 bridgehead atoms. The summed E-state index contributed by atoms with van der Waals surface area (Å²) in [7, 11) is -3.10. The van der Waals surface area contributed by atoms with Gasteiger partial charge in [0.2, 0.25) is 0 Å². The van der Waals surface area contributed by atoms with Gasteiger partial charge >= 0.3 is 0 Å². The van der Waals surface area contributed by atoms with Crippen LogP contribution in [0.25, 0.3) is 0 Å². The van der Waals surface area contributed by atoms with Gasteiger partial charge in [0.1, 0.15) is 0 Å².